The predicted octanol–water partition coefficient (Wildman–Crippen LogP) is 0.0602. The van der Waals surface area contributed by atoms with E-state index in [-0.39, 0.29) is 23.8 Å². The Bertz CT molecular complexity index is 628. The summed E-state index contributed by atoms with van der Waals surface area (Å²) >= 11 is 0. The van der Waals surface area contributed by atoms with Crippen LogP contribution in [0.4, 0.5) is 0 Å². The summed E-state index contributed by atoms with van der Waals surface area (Å²) in [5, 5.41) is 2.89. The highest BCUT2D eigenvalue weighted by atomic mass is 16.5. The smallest absolute Gasteiger partial charge is 0.337 e. The van der Waals surface area contributed by atoms with Gasteiger partial charge in [-0.2, -0.15) is 0 Å². The topological polar surface area (TPSA) is 84.9 Å². The molecule has 2 heterocycles. The lowest BCUT2D eigenvalue weighted by atomic mass is 10.1. The van der Waals surface area contributed by atoms with Crippen molar-refractivity contribution < 1.29 is 23.9 Å². The Morgan fingerprint density at radius 2 is 1.87 bits per heavy atom. The van der Waals surface area contributed by atoms with Gasteiger partial charge in [0.25, 0.3) is 5.91 Å². The molecule has 2 aliphatic heterocycles. The Morgan fingerprint density at radius 1 is 1.17 bits per heavy atom. The number of ether oxygens (including phenoxy) is 2. The van der Waals surface area contributed by atoms with Crippen LogP contribution >= 0.6 is 0 Å². The maximum atomic E-state index is 12.7. The monoisotopic (exact) mass is 318 g/mol. The molecule has 2 bridgehead atoms. The standard InChI is InChI=1S/C16H18N2O5/c1-22-16(21)11-4-2-10(3-5-11)15(20)18-6-12-8-23-9-13(7-18)17-14(12)19/h2-5,12-13H,6-9H2,1H3,(H,17,19)/t12-,13+/m1/s1. The van der Waals surface area contributed by atoms with E-state index in [0.717, 1.165) is 0 Å². The van der Waals surface area contributed by atoms with Crippen molar-refractivity contribution in [2.75, 3.05) is 33.4 Å². The Hall–Kier alpha value is -2.41. The SMILES string of the molecule is COC(=O)c1ccc(C(=O)N2C[C@H]3COC[C@@H](C2)C(=O)N3)cc1. The van der Waals surface area contributed by atoms with Crippen molar-refractivity contribution in [1.82, 2.24) is 10.2 Å². The van der Waals surface area contributed by atoms with Gasteiger partial charge in [-0.25, -0.2) is 4.79 Å². The molecular weight excluding hydrogens is 300 g/mol. The lowest BCUT2D eigenvalue weighted by Crippen LogP contribution is -2.44. The summed E-state index contributed by atoms with van der Waals surface area (Å²) in [7, 11) is 1.31. The molecule has 1 N–H and O–H groups in total. The van der Waals surface area contributed by atoms with Gasteiger partial charge in [-0.1, -0.05) is 0 Å². The average Bonchev–Trinajstić information content (AvgIpc) is 2.82. The molecule has 122 valence electrons. The van der Waals surface area contributed by atoms with Gasteiger partial charge in [0.05, 0.1) is 37.8 Å². The quantitative estimate of drug-likeness (QED) is 0.780. The molecule has 2 atom stereocenters. The number of rotatable bonds is 2. The zero-order valence-electron chi connectivity index (χ0n) is 12.8. The Labute approximate surface area is 133 Å². The third-order valence-corrected chi connectivity index (χ3v) is 4.08. The number of nitrogens with one attached hydrogen (secondary N) is 1. The van der Waals surface area contributed by atoms with Crippen LogP contribution in [0.1, 0.15) is 20.7 Å². The number of nitrogens with zero attached hydrogens (tertiary/aromatic N) is 1. The molecule has 0 spiro atoms. The molecule has 2 fully saturated rings. The minimum absolute atomic E-state index is 0.0659. The first-order valence-corrected chi connectivity index (χ1v) is 7.44. The molecule has 7 heteroatoms. The average molecular weight is 318 g/mol. The summed E-state index contributed by atoms with van der Waals surface area (Å²) in [6.45, 7) is 1.49. The highest BCUT2D eigenvalue weighted by Crippen LogP contribution is 2.17. The van der Waals surface area contributed by atoms with Crippen LogP contribution < -0.4 is 5.32 Å². The number of hydrogen-bond acceptors (Lipinski definition) is 5. The van der Waals surface area contributed by atoms with E-state index in [1.165, 1.54) is 7.11 Å². The number of methoxy groups -OCH3 is 1. The largest absolute Gasteiger partial charge is 0.465 e. The van der Waals surface area contributed by atoms with Gasteiger partial charge in [0, 0.05) is 18.7 Å². The minimum Gasteiger partial charge on any atom is -0.465 e. The van der Waals surface area contributed by atoms with Crippen LogP contribution in [0, 0.1) is 5.92 Å². The third kappa shape index (κ3) is 3.19. The van der Waals surface area contributed by atoms with Crippen molar-refractivity contribution in [3.8, 4) is 0 Å². The summed E-state index contributed by atoms with van der Waals surface area (Å²) in [5.41, 5.74) is 0.869. The van der Waals surface area contributed by atoms with E-state index in [4.69, 9.17) is 4.74 Å². The molecule has 0 unspecified atom stereocenters. The molecule has 0 radical (unpaired) electrons. The Kier molecular flexibility index (Phi) is 4.29. The number of esters is 1. The fraction of sp³-hybridized carbons (Fsp3) is 0.438. The van der Waals surface area contributed by atoms with Crippen LogP contribution in [-0.4, -0.2) is 62.1 Å². The maximum absolute atomic E-state index is 12.7. The number of carbonyl (C=O) groups excluding carboxylic acids is 3. The fourth-order valence-electron chi connectivity index (χ4n) is 2.84. The molecule has 3 rings (SSSR count). The van der Waals surface area contributed by atoms with E-state index in [0.29, 0.717) is 37.4 Å². The second kappa shape index (κ2) is 6.37. The molecule has 23 heavy (non-hydrogen) atoms. The first-order chi connectivity index (χ1) is 11.1. The first-order valence-electron chi connectivity index (χ1n) is 7.44. The molecule has 7 nitrogen and oxygen atoms in total. The van der Waals surface area contributed by atoms with Crippen molar-refractivity contribution in [3.63, 3.8) is 0 Å². The predicted molar refractivity (Wildman–Crippen MR) is 79.9 cm³/mol. The lowest BCUT2D eigenvalue weighted by molar-refractivity contribution is -0.125. The van der Waals surface area contributed by atoms with Crippen LogP contribution in [0.3, 0.4) is 0 Å². The van der Waals surface area contributed by atoms with Gasteiger partial charge in [-0.05, 0) is 24.3 Å². The fourth-order valence-corrected chi connectivity index (χ4v) is 2.84. The Balaban J connectivity index is 1.77. The van der Waals surface area contributed by atoms with Crippen molar-refractivity contribution in [3.05, 3.63) is 35.4 Å². The molecule has 2 amide bonds. The van der Waals surface area contributed by atoms with E-state index in [2.05, 4.69) is 10.1 Å². The van der Waals surface area contributed by atoms with Crippen molar-refractivity contribution in [2.45, 2.75) is 6.04 Å². The summed E-state index contributed by atoms with van der Waals surface area (Å²) < 4.78 is 10.1. The number of carbonyl (C=O) groups is 3. The zero-order valence-corrected chi connectivity index (χ0v) is 12.8. The van der Waals surface area contributed by atoms with E-state index in [1.54, 1.807) is 29.2 Å². The molecule has 0 aliphatic carbocycles. The van der Waals surface area contributed by atoms with E-state index < -0.39 is 5.97 Å². The molecule has 1 aromatic carbocycles. The summed E-state index contributed by atoms with van der Waals surface area (Å²) in [6, 6.07) is 6.13. The zero-order chi connectivity index (χ0) is 16.4. The molecule has 2 aliphatic rings. The number of benzene rings is 1. The Morgan fingerprint density at radius 3 is 2.57 bits per heavy atom. The molecule has 0 aromatic heterocycles. The van der Waals surface area contributed by atoms with Gasteiger partial charge in [0.15, 0.2) is 0 Å². The lowest BCUT2D eigenvalue weighted by Gasteiger charge is -2.27. The highest BCUT2D eigenvalue weighted by Gasteiger charge is 2.35. The highest BCUT2D eigenvalue weighted by molar-refractivity contribution is 5.96. The molecule has 0 saturated carbocycles. The van der Waals surface area contributed by atoms with Crippen molar-refractivity contribution in [2.24, 2.45) is 5.92 Å². The van der Waals surface area contributed by atoms with Crippen molar-refractivity contribution >= 4 is 17.8 Å². The van der Waals surface area contributed by atoms with Crippen molar-refractivity contribution in [1.29, 1.82) is 0 Å². The number of hydrogen-bond donors (Lipinski definition) is 1. The normalized spacial score (nSPS) is 23.7. The van der Waals surface area contributed by atoms with Crippen LogP contribution in [0.15, 0.2) is 24.3 Å². The van der Waals surface area contributed by atoms with E-state index in [1.807, 2.05) is 0 Å². The summed E-state index contributed by atoms with van der Waals surface area (Å²) in [5.74, 6) is -1.01. The van der Waals surface area contributed by atoms with Crippen LogP contribution in [0.5, 0.6) is 0 Å². The van der Waals surface area contributed by atoms with Gasteiger partial charge < -0.3 is 19.7 Å². The minimum atomic E-state index is -0.444. The van der Waals surface area contributed by atoms with Crippen LogP contribution in [-0.2, 0) is 14.3 Å². The van der Waals surface area contributed by atoms with Gasteiger partial charge >= 0.3 is 5.97 Å². The van der Waals surface area contributed by atoms with Gasteiger partial charge in [0.1, 0.15) is 0 Å². The van der Waals surface area contributed by atoms with E-state index >= 15 is 0 Å². The second-order valence-corrected chi connectivity index (χ2v) is 5.72. The van der Waals surface area contributed by atoms with Gasteiger partial charge in [-0.15, -0.1) is 0 Å². The van der Waals surface area contributed by atoms with Crippen LogP contribution in [0.2, 0.25) is 0 Å². The van der Waals surface area contributed by atoms with Crippen LogP contribution in [0.25, 0.3) is 0 Å². The third-order valence-electron chi connectivity index (χ3n) is 4.08. The molecule has 1 aromatic rings. The second-order valence-electron chi connectivity index (χ2n) is 5.72. The summed E-state index contributed by atoms with van der Waals surface area (Å²) in [6.07, 6.45) is 0. The van der Waals surface area contributed by atoms with Gasteiger partial charge in [-0.3, -0.25) is 9.59 Å². The number of fused-ring (bicyclic) bond motifs is 3. The number of amides is 2. The van der Waals surface area contributed by atoms with E-state index in [9.17, 15) is 14.4 Å². The van der Waals surface area contributed by atoms with Gasteiger partial charge in [0.2, 0.25) is 5.91 Å². The first kappa shape index (κ1) is 15.5. The summed E-state index contributed by atoms with van der Waals surface area (Å²) in [4.78, 5) is 37.7. The molecular formula is C16H18N2O5. The maximum Gasteiger partial charge on any atom is 0.337 e. The molecule has 2 saturated heterocycles.